The van der Waals surface area contributed by atoms with E-state index in [0.717, 1.165) is 19.0 Å². The van der Waals surface area contributed by atoms with Crippen LogP contribution in [0.25, 0.3) is 0 Å². The summed E-state index contributed by atoms with van der Waals surface area (Å²) in [5, 5.41) is 3.55. The fraction of sp³-hybridized carbons (Fsp3) is 0.818. The lowest BCUT2D eigenvalue weighted by Crippen LogP contribution is -2.42. The van der Waals surface area contributed by atoms with E-state index in [4.69, 9.17) is 5.73 Å². The van der Waals surface area contributed by atoms with Crippen molar-refractivity contribution in [3.05, 3.63) is 12.2 Å². The SMILES string of the molecule is CC(C)C(CN)NCC1CC=CC1. The van der Waals surface area contributed by atoms with Crippen molar-refractivity contribution in [1.82, 2.24) is 5.32 Å². The maximum absolute atomic E-state index is 5.68. The Morgan fingerprint density at radius 2 is 2.00 bits per heavy atom. The van der Waals surface area contributed by atoms with Crippen molar-refractivity contribution in [3.8, 4) is 0 Å². The molecule has 0 amide bonds. The highest BCUT2D eigenvalue weighted by atomic mass is 14.9. The van der Waals surface area contributed by atoms with Crippen LogP contribution >= 0.6 is 0 Å². The number of nitrogens with two attached hydrogens (primary N) is 1. The third-order valence-electron chi connectivity index (χ3n) is 2.83. The minimum atomic E-state index is 0.487. The van der Waals surface area contributed by atoms with Gasteiger partial charge >= 0.3 is 0 Å². The molecule has 0 saturated carbocycles. The number of rotatable bonds is 5. The van der Waals surface area contributed by atoms with Crippen LogP contribution in [0, 0.1) is 11.8 Å². The Morgan fingerprint density at radius 3 is 2.46 bits per heavy atom. The lowest BCUT2D eigenvalue weighted by Gasteiger charge is -2.22. The van der Waals surface area contributed by atoms with Gasteiger partial charge in [0.1, 0.15) is 0 Å². The van der Waals surface area contributed by atoms with Crippen LogP contribution in [0.1, 0.15) is 26.7 Å². The zero-order valence-corrected chi connectivity index (χ0v) is 8.79. The van der Waals surface area contributed by atoms with E-state index in [1.807, 2.05) is 0 Å². The minimum absolute atomic E-state index is 0.487. The molecule has 1 unspecified atom stereocenters. The maximum atomic E-state index is 5.68. The van der Waals surface area contributed by atoms with Gasteiger partial charge in [-0.25, -0.2) is 0 Å². The molecule has 2 nitrogen and oxygen atoms in total. The number of nitrogens with one attached hydrogen (secondary N) is 1. The molecule has 3 N–H and O–H groups in total. The highest BCUT2D eigenvalue weighted by molar-refractivity contribution is 4.95. The van der Waals surface area contributed by atoms with Crippen molar-refractivity contribution in [1.29, 1.82) is 0 Å². The van der Waals surface area contributed by atoms with Gasteiger partial charge in [-0.3, -0.25) is 0 Å². The second-order valence-electron chi connectivity index (χ2n) is 4.30. The highest BCUT2D eigenvalue weighted by Gasteiger charge is 2.14. The summed E-state index contributed by atoms with van der Waals surface area (Å²) in [6.07, 6.45) is 7.03. The van der Waals surface area contributed by atoms with Gasteiger partial charge < -0.3 is 11.1 Å². The third-order valence-corrected chi connectivity index (χ3v) is 2.83. The average molecular weight is 182 g/mol. The largest absolute Gasteiger partial charge is 0.329 e. The molecular weight excluding hydrogens is 160 g/mol. The molecule has 0 aliphatic heterocycles. The van der Waals surface area contributed by atoms with Crippen molar-refractivity contribution in [2.24, 2.45) is 17.6 Å². The molecule has 0 aromatic heterocycles. The number of allylic oxidation sites excluding steroid dienone is 2. The predicted octanol–water partition coefficient (Wildman–Crippen LogP) is 1.53. The van der Waals surface area contributed by atoms with E-state index in [1.165, 1.54) is 12.8 Å². The Morgan fingerprint density at radius 1 is 1.38 bits per heavy atom. The molecule has 0 aromatic rings. The normalized spacial score (nSPS) is 20.0. The Balaban J connectivity index is 2.15. The molecule has 0 bridgehead atoms. The molecule has 0 heterocycles. The molecule has 0 fully saturated rings. The quantitative estimate of drug-likeness (QED) is 0.633. The molecule has 76 valence electrons. The molecule has 0 aromatic carbocycles. The van der Waals surface area contributed by atoms with Crippen LogP contribution in [0.2, 0.25) is 0 Å². The molecule has 0 saturated heterocycles. The topological polar surface area (TPSA) is 38.0 Å². The molecule has 13 heavy (non-hydrogen) atoms. The van der Waals surface area contributed by atoms with Gasteiger partial charge in [0.05, 0.1) is 0 Å². The predicted molar refractivity (Wildman–Crippen MR) is 57.5 cm³/mol. The summed E-state index contributed by atoms with van der Waals surface area (Å²) in [7, 11) is 0. The van der Waals surface area contributed by atoms with Crippen molar-refractivity contribution < 1.29 is 0 Å². The third kappa shape index (κ3) is 3.49. The number of hydrogen-bond acceptors (Lipinski definition) is 2. The van der Waals surface area contributed by atoms with Crippen LogP contribution in [-0.2, 0) is 0 Å². The maximum Gasteiger partial charge on any atom is 0.0213 e. The summed E-state index contributed by atoms with van der Waals surface area (Å²) >= 11 is 0. The van der Waals surface area contributed by atoms with Gasteiger partial charge in [-0.1, -0.05) is 26.0 Å². The monoisotopic (exact) mass is 182 g/mol. The van der Waals surface area contributed by atoms with E-state index in [0.29, 0.717) is 12.0 Å². The second-order valence-corrected chi connectivity index (χ2v) is 4.30. The highest BCUT2D eigenvalue weighted by Crippen LogP contribution is 2.16. The van der Waals surface area contributed by atoms with E-state index in [9.17, 15) is 0 Å². The van der Waals surface area contributed by atoms with E-state index in [-0.39, 0.29) is 0 Å². The first-order valence-electron chi connectivity index (χ1n) is 5.32. The van der Waals surface area contributed by atoms with Gasteiger partial charge in [-0.15, -0.1) is 0 Å². The number of hydrogen-bond donors (Lipinski definition) is 2. The second kappa shape index (κ2) is 5.40. The molecule has 2 heteroatoms. The van der Waals surface area contributed by atoms with E-state index < -0.39 is 0 Å². The Kier molecular flexibility index (Phi) is 4.46. The van der Waals surface area contributed by atoms with Crippen LogP contribution in [0.3, 0.4) is 0 Å². The standard InChI is InChI=1S/C11H22N2/c1-9(2)11(7-12)13-8-10-5-3-4-6-10/h3-4,9-11,13H,5-8,12H2,1-2H3. The zero-order valence-electron chi connectivity index (χ0n) is 8.79. The van der Waals surface area contributed by atoms with Crippen LogP contribution in [0.5, 0.6) is 0 Å². The molecule has 1 atom stereocenters. The summed E-state index contributed by atoms with van der Waals surface area (Å²) in [4.78, 5) is 0. The molecule has 0 spiro atoms. The van der Waals surface area contributed by atoms with Crippen molar-refractivity contribution in [2.45, 2.75) is 32.7 Å². The summed E-state index contributed by atoms with van der Waals surface area (Å²) in [6.45, 7) is 6.31. The van der Waals surface area contributed by atoms with E-state index >= 15 is 0 Å². The first kappa shape index (κ1) is 10.7. The van der Waals surface area contributed by atoms with Gasteiger partial charge in [0, 0.05) is 12.6 Å². The summed E-state index contributed by atoms with van der Waals surface area (Å²) < 4.78 is 0. The summed E-state index contributed by atoms with van der Waals surface area (Å²) in [5.74, 6) is 1.45. The van der Waals surface area contributed by atoms with Gasteiger partial charge in [-0.2, -0.15) is 0 Å². The lowest BCUT2D eigenvalue weighted by molar-refractivity contribution is 0.372. The first-order valence-corrected chi connectivity index (χ1v) is 5.32. The van der Waals surface area contributed by atoms with Crippen LogP contribution in [-0.4, -0.2) is 19.1 Å². The fourth-order valence-corrected chi connectivity index (χ4v) is 1.75. The Bertz CT molecular complexity index is 155. The average Bonchev–Trinajstić information content (AvgIpc) is 2.57. The molecule has 0 radical (unpaired) electrons. The van der Waals surface area contributed by atoms with Crippen molar-refractivity contribution >= 4 is 0 Å². The van der Waals surface area contributed by atoms with Crippen LogP contribution < -0.4 is 11.1 Å². The van der Waals surface area contributed by atoms with Crippen molar-refractivity contribution in [2.75, 3.05) is 13.1 Å². The van der Waals surface area contributed by atoms with Crippen LogP contribution in [0.15, 0.2) is 12.2 Å². The molecule has 1 aliphatic carbocycles. The lowest BCUT2D eigenvalue weighted by atomic mass is 10.0. The Labute approximate surface area is 81.6 Å². The van der Waals surface area contributed by atoms with Gasteiger partial charge in [0.25, 0.3) is 0 Å². The van der Waals surface area contributed by atoms with Gasteiger partial charge in [0.2, 0.25) is 0 Å². The Hall–Kier alpha value is -0.340. The van der Waals surface area contributed by atoms with Gasteiger partial charge in [-0.05, 0) is 31.2 Å². The molecular formula is C11H22N2. The van der Waals surface area contributed by atoms with Crippen molar-refractivity contribution in [3.63, 3.8) is 0 Å². The molecule has 1 aliphatic rings. The molecule has 1 rings (SSSR count). The fourth-order valence-electron chi connectivity index (χ4n) is 1.75. The van der Waals surface area contributed by atoms with E-state index in [1.54, 1.807) is 0 Å². The van der Waals surface area contributed by atoms with Crippen LogP contribution in [0.4, 0.5) is 0 Å². The first-order chi connectivity index (χ1) is 6.24. The van der Waals surface area contributed by atoms with Gasteiger partial charge in [0.15, 0.2) is 0 Å². The summed E-state index contributed by atoms with van der Waals surface area (Å²) in [6, 6.07) is 0.487. The smallest absolute Gasteiger partial charge is 0.0213 e. The summed E-state index contributed by atoms with van der Waals surface area (Å²) in [5.41, 5.74) is 5.68. The zero-order chi connectivity index (χ0) is 9.68. The minimum Gasteiger partial charge on any atom is -0.329 e. The van der Waals surface area contributed by atoms with E-state index in [2.05, 4.69) is 31.3 Å².